The van der Waals surface area contributed by atoms with Crippen molar-refractivity contribution in [3.05, 3.63) is 16.1 Å². The summed E-state index contributed by atoms with van der Waals surface area (Å²) in [6, 6.07) is 0. The molecular weight excluding hydrogens is 194 g/mol. The number of aliphatic hydroxyl groups is 1. The number of nitrogens with zero attached hydrogens (tertiary/aromatic N) is 1. The normalized spacial score (nSPS) is 32.4. The van der Waals surface area contributed by atoms with Gasteiger partial charge >= 0.3 is 0 Å². The van der Waals surface area contributed by atoms with Gasteiger partial charge in [-0.15, -0.1) is 11.3 Å². The summed E-state index contributed by atoms with van der Waals surface area (Å²) in [6.45, 7) is 4.30. The fourth-order valence-electron chi connectivity index (χ4n) is 2.30. The van der Waals surface area contributed by atoms with Crippen LogP contribution in [0.25, 0.3) is 0 Å². The van der Waals surface area contributed by atoms with Crippen LogP contribution in [0.15, 0.2) is 5.38 Å². The van der Waals surface area contributed by atoms with Gasteiger partial charge in [-0.25, -0.2) is 4.98 Å². The van der Waals surface area contributed by atoms with Crippen molar-refractivity contribution in [1.82, 2.24) is 4.98 Å². The van der Waals surface area contributed by atoms with Gasteiger partial charge in [0.25, 0.3) is 0 Å². The van der Waals surface area contributed by atoms with Crippen molar-refractivity contribution in [2.75, 3.05) is 0 Å². The molecule has 1 N–H and O–H groups in total. The lowest BCUT2D eigenvalue weighted by atomic mass is 9.85. The summed E-state index contributed by atoms with van der Waals surface area (Å²) in [7, 11) is 0. The molecule has 0 aliphatic heterocycles. The van der Waals surface area contributed by atoms with Gasteiger partial charge < -0.3 is 5.11 Å². The number of aromatic nitrogens is 1. The lowest BCUT2D eigenvalue weighted by Crippen LogP contribution is -2.16. The Balaban J connectivity index is 2.03. The molecular formula is C11H17NOS. The van der Waals surface area contributed by atoms with Gasteiger partial charge in [0.1, 0.15) is 0 Å². The first-order chi connectivity index (χ1) is 6.57. The second-order valence-electron chi connectivity index (χ2n) is 4.77. The quantitative estimate of drug-likeness (QED) is 0.815. The van der Waals surface area contributed by atoms with Gasteiger partial charge in [0, 0.05) is 17.5 Å². The molecule has 1 aliphatic rings. The average Bonchev–Trinajstić information content (AvgIpc) is 2.60. The van der Waals surface area contributed by atoms with Crippen LogP contribution in [0.3, 0.4) is 0 Å². The van der Waals surface area contributed by atoms with Gasteiger partial charge in [-0.2, -0.15) is 0 Å². The number of aliphatic hydroxyl groups excluding tert-OH is 1. The monoisotopic (exact) mass is 211 g/mol. The van der Waals surface area contributed by atoms with Crippen molar-refractivity contribution >= 4 is 11.3 Å². The Bertz CT molecular complexity index is 323. The molecule has 1 fully saturated rings. The zero-order valence-corrected chi connectivity index (χ0v) is 9.60. The number of aryl methyl sites for hydroxylation is 1. The molecule has 2 atom stereocenters. The molecule has 0 bridgehead atoms. The third kappa shape index (κ3) is 2.15. The van der Waals surface area contributed by atoms with Crippen molar-refractivity contribution in [2.24, 2.45) is 5.41 Å². The standard InChI is InChI=1S/C11H17NOS/c1-8-7-14-10(12-8)6-11(2)4-3-9(13)5-11/h7,9,13H,3-6H2,1-2H3. The highest BCUT2D eigenvalue weighted by molar-refractivity contribution is 7.09. The Hall–Kier alpha value is -0.410. The zero-order chi connectivity index (χ0) is 10.2. The van der Waals surface area contributed by atoms with E-state index < -0.39 is 0 Å². The minimum absolute atomic E-state index is 0.0824. The maximum absolute atomic E-state index is 9.53. The van der Waals surface area contributed by atoms with Gasteiger partial charge in [-0.05, 0) is 31.6 Å². The van der Waals surface area contributed by atoms with Crippen molar-refractivity contribution < 1.29 is 5.11 Å². The van der Waals surface area contributed by atoms with E-state index in [2.05, 4.69) is 17.3 Å². The van der Waals surface area contributed by atoms with Crippen molar-refractivity contribution in [3.63, 3.8) is 0 Å². The van der Waals surface area contributed by atoms with Crippen molar-refractivity contribution in [2.45, 2.75) is 45.6 Å². The van der Waals surface area contributed by atoms with Crippen molar-refractivity contribution in [3.8, 4) is 0 Å². The summed E-state index contributed by atoms with van der Waals surface area (Å²) in [4.78, 5) is 4.48. The Morgan fingerprint density at radius 1 is 1.71 bits per heavy atom. The second-order valence-corrected chi connectivity index (χ2v) is 5.71. The highest BCUT2D eigenvalue weighted by Crippen LogP contribution is 2.40. The SMILES string of the molecule is Cc1csc(CC2(C)CCC(O)C2)n1. The lowest BCUT2D eigenvalue weighted by Gasteiger charge is -2.21. The Kier molecular flexibility index (Phi) is 2.62. The van der Waals surface area contributed by atoms with E-state index in [0.717, 1.165) is 31.4 Å². The second kappa shape index (κ2) is 3.63. The van der Waals surface area contributed by atoms with Crippen LogP contribution in [0, 0.1) is 12.3 Å². The topological polar surface area (TPSA) is 33.1 Å². The van der Waals surface area contributed by atoms with Crippen LogP contribution in [0.2, 0.25) is 0 Å². The molecule has 1 aliphatic carbocycles. The molecule has 1 aromatic heterocycles. The van der Waals surface area contributed by atoms with Gasteiger partial charge in [-0.1, -0.05) is 6.92 Å². The van der Waals surface area contributed by atoms with Gasteiger partial charge in [0.2, 0.25) is 0 Å². The molecule has 0 spiro atoms. The average molecular weight is 211 g/mol. The molecule has 3 heteroatoms. The third-order valence-electron chi connectivity index (χ3n) is 3.05. The number of thiazole rings is 1. The largest absolute Gasteiger partial charge is 0.393 e. The van der Waals surface area contributed by atoms with E-state index in [1.807, 2.05) is 6.92 Å². The summed E-state index contributed by atoms with van der Waals surface area (Å²) in [6.07, 6.45) is 3.98. The molecule has 1 aromatic rings. The molecule has 1 heterocycles. The summed E-state index contributed by atoms with van der Waals surface area (Å²) in [5.74, 6) is 0. The number of hydrogen-bond acceptors (Lipinski definition) is 3. The van der Waals surface area contributed by atoms with Crippen LogP contribution in [-0.4, -0.2) is 16.2 Å². The maximum Gasteiger partial charge on any atom is 0.0933 e. The molecule has 78 valence electrons. The third-order valence-corrected chi connectivity index (χ3v) is 4.02. The molecule has 1 saturated carbocycles. The van der Waals surface area contributed by atoms with Crippen molar-refractivity contribution in [1.29, 1.82) is 0 Å². The maximum atomic E-state index is 9.53. The summed E-state index contributed by atoms with van der Waals surface area (Å²) < 4.78 is 0. The number of hydrogen-bond donors (Lipinski definition) is 1. The minimum Gasteiger partial charge on any atom is -0.393 e. The van der Waals surface area contributed by atoms with Crippen LogP contribution in [0.4, 0.5) is 0 Å². The zero-order valence-electron chi connectivity index (χ0n) is 8.79. The van der Waals surface area contributed by atoms with Gasteiger partial charge in [0.15, 0.2) is 0 Å². The molecule has 0 saturated heterocycles. The molecule has 2 rings (SSSR count). The van der Waals surface area contributed by atoms with E-state index in [1.165, 1.54) is 5.01 Å². The highest BCUT2D eigenvalue weighted by atomic mass is 32.1. The summed E-state index contributed by atoms with van der Waals surface area (Å²) >= 11 is 1.74. The van der Waals surface area contributed by atoms with E-state index in [4.69, 9.17) is 0 Å². The summed E-state index contributed by atoms with van der Waals surface area (Å²) in [5, 5.41) is 12.9. The van der Waals surface area contributed by atoms with E-state index in [0.29, 0.717) is 0 Å². The van der Waals surface area contributed by atoms with Crippen LogP contribution >= 0.6 is 11.3 Å². The first kappa shape index (κ1) is 10.1. The van der Waals surface area contributed by atoms with Crippen LogP contribution in [-0.2, 0) is 6.42 Å². The first-order valence-electron chi connectivity index (χ1n) is 5.16. The molecule has 2 unspecified atom stereocenters. The molecule has 0 amide bonds. The van der Waals surface area contributed by atoms with Crippen LogP contribution in [0.5, 0.6) is 0 Å². The van der Waals surface area contributed by atoms with Crippen LogP contribution in [0.1, 0.15) is 36.9 Å². The first-order valence-corrected chi connectivity index (χ1v) is 6.04. The van der Waals surface area contributed by atoms with E-state index in [1.54, 1.807) is 11.3 Å². The Morgan fingerprint density at radius 2 is 2.50 bits per heavy atom. The fourth-order valence-corrected chi connectivity index (χ4v) is 3.29. The van der Waals surface area contributed by atoms with E-state index in [9.17, 15) is 5.11 Å². The molecule has 0 aromatic carbocycles. The smallest absolute Gasteiger partial charge is 0.0933 e. The molecule has 2 nitrogen and oxygen atoms in total. The Morgan fingerprint density at radius 3 is 3.00 bits per heavy atom. The van der Waals surface area contributed by atoms with Crippen LogP contribution < -0.4 is 0 Å². The van der Waals surface area contributed by atoms with Gasteiger partial charge in [0.05, 0.1) is 11.1 Å². The minimum atomic E-state index is -0.0824. The summed E-state index contributed by atoms with van der Waals surface area (Å²) in [5.41, 5.74) is 1.40. The van der Waals surface area contributed by atoms with E-state index >= 15 is 0 Å². The highest BCUT2D eigenvalue weighted by Gasteiger charge is 2.34. The molecule has 0 radical (unpaired) electrons. The predicted molar refractivity (Wildman–Crippen MR) is 58.5 cm³/mol. The predicted octanol–water partition coefficient (Wildman–Crippen LogP) is 2.55. The fraction of sp³-hybridized carbons (Fsp3) is 0.727. The number of rotatable bonds is 2. The molecule has 14 heavy (non-hydrogen) atoms. The van der Waals surface area contributed by atoms with Gasteiger partial charge in [-0.3, -0.25) is 0 Å². The lowest BCUT2D eigenvalue weighted by molar-refractivity contribution is 0.163. The Labute approximate surface area is 89.0 Å². The van der Waals surface area contributed by atoms with E-state index in [-0.39, 0.29) is 11.5 Å².